The minimum atomic E-state index is -1.09. The molecule has 104 valence electrons. The summed E-state index contributed by atoms with van der Waals surface area (Å²) in [7, 11) is 0. The molecular formula is C11H21N3O4. The highest BCUT2D eigenvalue weighted by atomic mass is 16.6. The van der Waals surface area contributed by atoms with Gasteiger partial charge in [-0.3, -0.25) is 5.43 Å². The monoisotopic (exact) mass is 259 g/mol. The fourth-order valence-electron chi connectivity index (χ4n) is 1.81. The van der Waals surface area contributed by atoms with Gasteiger partial charge in [-0.25, -0.2) is 14.6 Å². The summed E-state index contributed by atoms with van der Waals surface area (Å²) >= 11 is 0. The lowest BCUT2D eigenvalue weighted by molar-refractivity contribution is 0.0453. The van der Waals surface area contributed by atoms with E-state index in [1.54, 1.807) is 25.8 Å². The van der Waals surface area contributed by atoms with Gasteiger partial charge in [-0.05, 0) is 33.6 Å². The van der Waals surface area contributed by atoms with Gasteiger partial charge >= 0.3 is 12.2 Å². The van der Waals surface area contributed by atoms with E-state index in [9.17, 15) is 9.59 Å². The van der Waals surface area contributed by atoms with Crippen LogP contribution in [-0.4, -0.2) is 47.0 Å². The Morgan fingerprint density at radius 3 is 2.61 bits per heavy atom. The summed E-state index contributed by atoms with van der Waals surface area (Å²) in [4.78, 5) is 22.1. The summed E-state index contributed by atoms with van der Waals surface area (Å²) in [6, 6.07) is -0.0968. The summed E-state index contributed by atoms with van der Waals surface area (Å²) in [5.74, 6) is 0. The molecule has 0 aromatic rings. The van der Waals surface area contributed by atoms with E-state index < -0.39 is 17.8 Å². The van der Waals surface area contributed by atoms with Gasteiger partial charge in [-0.15, -0.1) is 0 Å². The molecule has 1 aliphatic rings. The molecule has 2 amide bonds. The summed E-state index contributed by atoms with van der Waals surface area (Å²) in [5, 5.41) is 12.9. The molecule has 1 saturated heterocycles. The summed E-state index contributed by atoms with van der Waals surface area (Å²) in [6.07, 6.45) is 0.0789. The van der Waals surface area contributed by atoms with Gasteiger partial charge in [0.1, 0.15) is 5.60 Å². The van der Waals surface area contributed by atoms with Crippen LogP contribution in [0.2, 0.25) is 0 Å². The Labute approximate surface area is 106 Å². The van der Waals surface area contributed by atoms with E-state index in [-0.39, 0.29) is 6.04 Å². The first-order chi connectivity index (χ1) is 8.26. The van der Waals surface area contributed by atoms with Gasteiger partial charge in [0.15, 0.2) is 0 Å². The molecule has 3 N–H and O–H groups in total. The fourth-order valence-corrected chi connectivity index (χ4v) is 1.81. The quantitative estimate of drug-likeness (QED) is 0.692. The van der Waals surface area contributed by atoms with Crippen LogP contribution in [0.1, 0.15) is 33.6 Å². The Morgan fingerprint density at radius 1 is 1.39 bits per heavy atom. The first-order valence-electron chi connectivity index (χ1n) is 6.00. The zero-order valence-electron chi connectivity index (χ0n) is 11.0. The number of nitrogens with one attached hydrogen (secondary N) is 2. The second-order valence-corrected chi connectivity index (χ2v) is 5.35. The molecule has 0 spiro atoms. The third-order valence-corrected chi connectivity index (χ3v) is 2.40. The second-order valence-electron chi connectivity index (χ2n) is 5.35. The molecule has 1 unspecified atom stereocenters. The van der Waals surface area contributed by atoms with Crippen molar-refractivity contribution in [2.75, 3.05) is 13.1 Å². The summed E-state index contributed by atoms with van der Waals surface area (Å²) in [6.45, 7) is 6.49. The number of alkyl carbamates (subject to hydrolysis) is 1. The van der Waals surface area contributed by atoms with Crippen molar-refractivity contribution in [1.29, 1.82) is 0 Å². The molecule has 7 heteroatoms. The van der Waals surface area contributed by atoms with Crippen molar-refractivity contribution < 1.29 is 19.4 Å². The van der Waals surface area contributed by atoms with Gasteiger partial charge in [0.2, 0.25) is 0 Å². The Morgan fingerprint density at radius 2 is 2.06 bits per heavy atom. The summed E-state index contributed by atoms with van der Waals surface area (Å²) in [5.41, 5.74) is 1.76. The Hall–Kier alpha value is -1.50. The van der Waals surface area contributed by atoms with Gasteiger partial charge in [0.25, 0.3) is 0 Å². The van der Waals surface area contributed by atoms with E-state index in [1.165, 1.54) is 0 Å². The molecule has 7 nitrogen and oxygen atoms in total. The number of hydrogen-bond acceptors (Lipinski definition) is 4. The number of carbonyl (C=O) groups excluding carboxylic acids is 1. The van der Waals surface area contributed by atoms with Crippen LogP contribution in [0.3, 0.4) is 0 Å². The molecule has 0 saturated carbocycles. The van der Waals surface area contributed by atoms with Crippen LogP contribution in [0.25, 0.3) is 0 Å². The van der Waals surface area contributed by atoms with E-state index >= 15 is 0 Å². The standard InChI is InChI=1S/C11H21N3O4/c1-11(2,3)18-10(17)12-8-5-4-6-14(7-8)13-9(15)16/h8,13H,4-7H2,1-3H3,(H,12,17)(H,15,16). The first kappa shape index (κ1) is 14.6. The van der Waals surface area contributed by atoms with E-state index in [1.807, 2.05) is 0 Å². The van der Waals surface area contributed by atoms with Crippen LogP contribution in [0.5, 0.6) is 0 Å². The molecule has 1 rings (SSSR count). The minimum absolute atomic E-state index is 0.0968. The second kappa shape index (κ2) is 5.90. The number of hydrazine groups is 1. The van der Waals surface area contributed by atoms with E-state index in [4.69, 9.17) is 9.84 Å². The third-order valence-electron chi connectivity index (χ3n) is 2.40. The van der Waals surface area contributed by atoms with E-state index in [0.717, 1.165) is 12.8 Å². The topological polar surface area (TPSA) is 90.9 Å². The number of amides is 2. The fraction of sp³-hybridized carbons (Fsp3) is 0.818. The summed E-state index contributed by atoms with van der Waals surface area (Å²) < 4.78 is 5.15. The van der Waals surface area contributed by atoms with Crippen molar-refractivity contribution in [3.8, 4) is 0 Å². The van der Waals surface area contributed by atoms with Crippen LogP contribution in [0.4, 0.5) is 9.59 Å². The van der Waals surface area contributed by atoms with Crippen LogP contribution < -0.4 is 10.7 Å². The average Bonchev–Trinajstić information content (AvgIpc) is 2.13. The molecule has 0 bridgehead atoms. The molecule has 0 aromatic carbocycles. The number of rotatable bonds is 2. The molecule has 0 radical (unpaired) electrons. The number of carbonyl (C=O) groups is 2. The number of nitrogens with zero attached hydrogens (tertiary/aromatic N) is 1. The third kappa shape index (κ3) is 5.72. The van der Waals surface area contributed by atoms with Gasteiger partial charge in [-0.1, -0.05) is 0 Å². The zero-order chi connectivity index (χ0) is 13.8. The Balaban J connectivity index is 2.38. The van der Waals surface area contributed by atoms with Crippen LogP contribution in [0, 0.1) is 0 Å². The lowest BCUT2D eigenvalue weighted by Crippen LogP contribution is -2.54. The maximum absolute atomic E-state index is 11.6. The Bertz CT molecular complexity index is 314. The van der Waals surface area contributed by atoms with Crippen molar-refractivity contribution in [1.82, 2.24) is 15.8 Å². The highest BCUT2D eigenvalue weighted by molar-refractivity contribution is 5.68. The molecule has 1 fully saturated rings. The zero-order valence-corrected chi connectivity index (χ0v) is 11.0. The van der Waals surface area contributed by atoms with Crippen LogP contribution in [0.15, 0.2) is 0 Å². The molecular weight excluding hydrogens is 238 g/mol. The van der Waals surface area contributed by atoms with E-state index in [2.05, 4.69) is 10.7 Å². The minimum Gasteiger partial charge on any atom is -0.464 e. The lowest BCUT2D eigenvalue weighted by atomic mass is 10.1. The molecule has 1 aliphatic heterocycles. The molecule has 0 aromatic heterocycles. The normalized spacial score (nSPS) is 21.2. The number of piperidine rings is 1. The smallest absolute Gasteiger partial charge is 0.419 e. The van der Waals surface area contributed by atoms with Crippen LogP contribution >= 0.6 is 0 Å². The van der Waals surface area contributed by atoms with E-state index in [0.29, 0.717) is 13.1 Å². The number of hydrogen-bond donors (Lipinski definition) is 3. The van der Waals surface area contributed by atoms with Crippen molar-refractivity contribution in [3.63, 3.8) is 0 Å². The molecule has 0 aliphatic carbocycles. The molecule has 18 heavy (non-hydrogen) atoms. The highest BCUT2D eigenvalue weighted by Crippen LogP contribution is 2.10. The number of carboxylic acid groups (broad SMARTS) is 1. The van der Waals surface area contributed by atoms with Gasteiger partial charge in [-0.2, -0.15) is 0 Å². The largest absolute Gasteiger partial charge is 0.464 e. The molecule has 1 heterocycles. The average molecular weight is 259 g/mol. The van der Waals surface area contributed by atoms with Gasteiger partial charge in [0.05, 0.1) is 0 Å². The maximum Gasteiger partial charge on any atom is 0.419 e. The molecule has 1 atom stereocenters. The van der Waals surface area contributed by atoms with Gasteiger partial charge < -0.3 is 15.2 Å². The predicted octanol–water partition coefficient (Wildman–Crippen LogP) is 1.16. The van der Waals surface area contributed by atoms with Gasteiger partial charge in [0, 0.05) is 19.1 Å². The maximum atomic E-state index is 11.6. The first-order valence-corrected chi connectivity index (χ1v) is 6.00. The lowest BCUT2D eigenvalue weighted by Gasteiger charge is -2.32. The highest BCUT2D eigenvalue weighted by Gasteiger charge is 2.24. The van der Waals surface area contributed by atoms with Crippen molar-refractivity contribution in [3.05, 3.63) is 0 Å². The van der Waals surface area contributed by atoms with Crippen molar-refractivity contribution in [2.24, 2.45) is 0 Å². The number of ether oxygens (including phenoxy) is 1. The SMILES string of the molecule is CC(C)(C)OC(=O)NC1CCCN(NC(=O)O)C1. The van der Waals surface area contributed by atoms with Crippen LogP contribution in [-0.2, 0) is 4.74 Å². The van der Waals surface area contributed by atoms with Crippen molar-refractivity contribution in [2.45, 2.75) is 45.3 Å². The predicted molar refractivity (Wildman–Crippen MR) is 65.1 cm³/mol. The van der Waals surface area contributed by atoms with Crippen molar-refractivity contribution >= 4 is 12.2 Å². The Kier molecular flexibility index (Phi) is 4.77.